The maximum absolute atomic E-state index is 5.63. The number of hydrogen-bond acceptors (Lipinski definition) is 6. The molecule has 0 saturated carbocycles. The van der Waals surface area contributed by atoms with E-state index in [0.717, 1.165) is 0 Å². The number of H-pyrrole nitrogens is 1. The summed E-state index contributed by atoms with van der Waals surface area (Å²) >= 11 is 0. The Labute approximate surface area is 86.3 Å². The molecule has 0 unspecified atom stereocenters. The summed E-state index contributed by atoms with van der Waals surface area (Å²) in [5.74, 6) is 1.43. The molecule has 7 heteroatoms. The molecule has 0 aromatic carbocycles. The van der Waals surface area contributed by atoms with Crippen molar-refractivity contribution in [1.29, 1.82) is 0 Å². The van der Waals surface area contributed by atoms with E-state index < -0.39 is 0 Å². The van der Waals surface area contributed by atoms with Crippen LogP contribution in [0.15, 0.2) is 10.7 Å². The fourth-order valence-electron chi connectivity index (χ4n) is 1.18. The van der Waals surface area contributed by atoms with Gasteiger partial charge in [0, 0.05) is 0 Å². The van der Waals surface area contributed by atoms with Gasteiger partial charge in [0.05, 0.1) is 12.7 Å². The lowest BCUT2D eigenvalue weighted by Crippen LogP contribution is -2.11. The predicted molar refractivity (Wildman–Crippen MR) is 53.7 cm³/mol. The molecule has 0 aliphatic rings. The second-order valence-electron chi connectivity index (χ2n) is 3.45. The lowest BCUT2D eigenvalue weighted by molar-refractivity contribution is 0.365. The van der Waals surface area contributed by atoms with Gasteiger partial charge in [0.2, 0.25) is 0 Å². The molecule has 2 heterocycles. The zero-order valence-electron chi connectivity index (χ0n) is 8.56. The van der Waals surface area contributed by atoms with Crippen LogP contribution >= 0.6 is 0 Å². The summed E-state index contributed by atoms with van der Waals surface area (Å²) < 4.78 is 5.06. The van der Waals surface area contributed by atoms with E-state index in [1.54, 1.807) is 6.20 Å². The van der Waals surface area contributed by atoms with Crippen LogP contribution in [0.3, 0.4) is 0 Å². The Bertz CT molecular complexity index is 445. The normalized spacial score (nSPS) is 11.1. The Hall–Kier alpha value is -1.89. The number of nitrogen functional groups attached to an aromatic ring is 1. The van der Waals surface area contributed by atoms with Crippen LogP contribution in [0.5, 0.6) is 0 Å². The largest absolute Gasteiger partial charge is 0.383 e. The third-order valence-corrected chi connectivity index (χ3v) is 1.82. The zero-order chi connectivity index (χ0) is 10.8. The Morgan fingerprint density at radius 3 is 2.93 bits per heavy atom. The Morgan fingerprint density at radius 1 is 1.53 bits per heavy atom. The molecule has 3 N–H and O–H groups in total. The third kappa shape index (κ3) is 1.96. The van der Waals surface area contributed by atoms with E-state index in [-0.39, 0.29) is 0 Å². The highest BCUT2D eigenvalue weighted by atomic mass is 16.5. The first-order chi connectivity index (χ1) is 7.16. The lowest BCUT2D eigenvalue weighted by Gasteiger charge is -2.03. The van der Waals surface area contributed by atoms with Crippen molar-refractivity contribution in [3.05, 3.63) is 12.0 Å². The first kappa shape index (κ1) is 9.66. The van der Waals surface area contributed by atoms with Crippen molar-refractivity contribution < 1.29 is 4.52 Å². The minimum absolute atomic E-state index is 0.387. The fourth-order valence-corrected chi connectivity index (χ4v) is 1.18. The Balaban J connectivity index is 2.24. The van der Waals surface area contributed by atoms with E-state index in [9.17, 15) is 0 Å². The molecule has 0 atom stereocenters. The van der Waals surface area contributed by atoms with Gasteiger partial charge in [-0.25, -0.2) is 0 Å². The smallest absolute Gasteiger partial charge is 0.263 e. The van der Waals surface area contributed by atoms with Gasteiger partial charge >= 0.3 is 0 Å². The van der Waals surface area contributed by atoms with Gasteiger partial charge in [-0.2, -0.15) is 10.1 Å². The average molecular weight is 208 g/mol. The van der Waals surface area contributed by atoms with Crippen LogP contribution in [-0.2, 0) is 6.54 Å². The zero-order valence-corrected chi connectivity index (χ0v) is 8.56. The standard InChI is InChI=1S/C8H12N6O/c1-14(2)4-6-11-8(15-13-6)5-3-10-12-7(5)9/h3H,4H2,1-2H3,(H3,9,10,12). The van der Waals surface area contributed by atoms with Crippen LogP contribution in [0, 0.1) is 0 Å². The summed E-state index contributed by atoms with van der Waals surface area (Å²) in [5.41, 5.74) is 6.26. The number of aromatic amines is 1. The Morgan fingerprint density at radius 2 is 2.33 bits per heavy atom. The van der Waals surface area contributed by atoms with Gasteiger partial charge in [0.25, 0.3) is 5.89 Å². The van der Waals surface area contributed by atoms with E-state index in [4.69, 9.17) is 10.3 Å². The number of anilines is 1. The quantitative estimate of drug-likeness (QED) is 0.742. The molecule has 0 aliphatic carbocycles. The minimum atomic E-state index is 0.387. The lowest BCUT2D eigenvalue weighted by atomic mass is 10.3. The molecule has 2 rings (SSSR count). The molecule has 0 saturated heterocycles. The minimum Gasteiger partial charge on any atom is -0.383 e. The first-order valence-corrected chi connectivity index (χ1v) is 4.43. The van der Waals surface area contributed by atoms with Crippen molar-refractivity contribution in [2.75, 3.05) is 19.8 Å². The summed E-state index contributed by atoms with van der Waals surface area (Å²) in [7, 11) is 3.87. The van der Waals surface area contributed by atoms with Crippen molar-refractivity contribution in [3.63, 3.8) is 0 Å². The monoisotopic (exact) mass is 208 g/mol. The molecule has 0 amide bonds. The molecule has 2 aromatic heterocycles. The summed E-state index contributed by atoms with van der Waals surface area (Å²) in [6.45, 7) is 0.626. The molecule has 2 aromatic rings. The van der Waals surface area contributed by atoms with Crippen molar-refractivity contribution in [1.82, 2.24) is 25.2 Å². The van der Waals surface area contributed by atoms with Crippen LogP contribution in [0.4, 0.5) is 5.82 Å². The molecular formula is C8H12N6O. The highest BCUT2D eigenvalue weighted by molar-refractivity contribution is 5.65. The maximum atomic E-state index is 5.63. The number of aromatic nitrogens is 4. The van der Waals surface area contributed by atoms with Crippen LogP contribution in [0.25, 0.3) is 11.5 Å². The molecule has 0 fully saturated rings. The number of nitrogens with zero attached hydrogens (tertiary/aromatic N) is 4. The molecular weight excluding hydrogens is 196 g/mol. The molecule has 7 nitrogen and oxygen atoms in total. The van der Waals surface area contributed by atoms with Gasteiger partial charge in [-0.1, -0.05) is 5.16 Å². The SMILES string of the molecule is CN(C)Cc1noc(-c2cn[nH]c2N)n1. The molecule has 0 aliphatic heterocycles. The topological polar surface area (TPSA) is 96.9 Å². The first-order valence-electron chi connectivity index (χ1n) is 4.43. The number of rotatable bonds is 3. The van der Waals surface area contributed by atoms with E-state index in [0.29, 0.717) is 29.6 Å². The van der Waals surface area contributed by atoms with Gasteiger partial charge in [0.1, 0.15) is 11.4 Å². The van der Waals surface area contributed by atoms with Gasteiger partial charge in [-0.05, 0) is 14.1 Å². The average Bonchev–Trinajstić information content (AvgIpc) is 2.72. The van der Waals surface area contributed by atoms with Crippen LogP contribution in [-0.4, -0.2) is 39.3 Å². The van der Waals surface area contributed by atoms with E-state index in [1.807, 2.05) is 19.0 Å². The molecule has 0 spiro atoms. The van der Waals surface area contributed by atoms with Gasteiger partial charge in [-0.15, -0.1) is 0 Å². The summed E-state index contributed by atoms with van der Waals surface area (Å²) in [6.07, 6.45) is 1.56. The van der Waals surface area contributed by atoms with Crippen LogP contribution in [0.1, 0.15) is 5.82 Å². The molecule has 15 heavy (non-hydrogen) atoms. The molecule has 0 bridgehead atoms. The second kappa shape index (κ2) is 3.70. The number of nitrogens with one attached hydrogen (secondary N) is 1. The van der Waals surface area contributed by atoms with Crippen molar-refractivity contribution >= 4 is 5.82 Å². The van der Waals surface area contributed by atoms with Gasteiger partial charge < -0.3 is 15.2 Å². The summed E-state index contributed by atoms with van der Waals surface area (Å²) in [6, 6.07) is 0. The fraction of sp³-hybridized carbons (Fsp3) is 0.375. The molecule has 0 radical (unpaired) electrons. The third-order valence-electron chi connectivity index (χ3n) is 1.82. The Kier molecular flexibility index (Phi) is 2.38. The van der Waals surface area contributed by atoms with E-state index in [1.165, 1.54) is 0 Å². The molecule has 80 valence electrons. The van der Waals surface area contributed by atoms with Crippen molar-refractivity contribution in [2.45, 2.75) is 6.54 Å². The summed E-state index contributed by atoms with van der Waals surface area (Å²) in [4.78, 5) is 6.15. The number of hydrogen-bond donors (Lipinski definition) is 2. The van der Waals surface area contributed by atoms with E-state index >= 15 is 0 Å². The van der Waals surface area contributed by atoms with Crippen LogP contribution < -0.4 is 5.73 Å². The van der Waals surface area contributed by atoms with Gasteiger partial charge in [-0.3, -0.25) is 5.10 Å². The predicted octanol–water partition coefficient (Wildman–Crippen LogP) is 0.103. The maximum Gasteiger partial charge on any atom is 0.263 e. The summed E-state index contributed by atoms with van der Waals surface area (Å²) in [5, 5.41) is 10.2. The van der Waals surface area contributed by atoms with Crippen LogP contribution in [0.2, 0.25) is 0 Å². The second-order valence-corrected chi connectivity index (χ2v) is 3.45. The highest BCUT2D eigenvalue weighted by Crippen LogP contribution is 2.21. The highest BCUT2D eigenvalue weighted by Gasteiger charge is 2.13. The van der Waals surface area contributed by atoms with E-state index in [2.05, 4.69) is 20.3 Å². The van der Waals surface area contributed by atoms with Gasteiger partial charge in [0.15, 0.2) is 5.82 Å². The van der Waals surface area contributed by atoms with Crippen molar-refractivity contribution in [2.24, 2.45) is 0 Å². The number of nitrogens with two attached hydrogens (primary N) is 1. The van der Waals surface area contributed by atoms with Crippen molar-refractivity contribution in [3.8, 4) is 11.5 Å².